The van der Waals surface area contributed by atoms with E-state index in [0.717, 1.165) is 89.9 Å². The highest BCUT2D eigenvalue weighted by atomic mass is 31.2. The molecule has 0 heterocycles. The van der Waals surface area contributed by atoms with Crippen molar-refractivity contribution in [3.05, 3.63) is 0 Å². The van der Waals surface area contributed by atoms with E-state index in [9.17, 15) is 43.2 Å². The van der Waals surface area contributed by atoms with Crippen molar-refractivity contribution in [2.75, 3.05) is 39.6 Å². The highest BCUT2D eigenvalue weighted by Gasteiger charge is 2.30. The van der Waals surface area contributed by atoms with E-state index >= 15 is 0 Å². The van der Waals surface area contributed by atoms with E-state index in [4.69, 9.17) is 37.0 Å². The molecule has 19 heteroatoms. The zero-order valence-corrected chi connectivity index (χ0v) is 70.5. The molecule has 0 aliphatic rings. The van der Waals surface area contributed by atoms with Gasteiger partial charge in [-0.1, -0.05) is 419 Å². The van der Waals surface area contributed by atoms with E-state index in [-0.39, 0.29) is 25.7 Å². The molecule has 5 atom stereocenters. The molecule has 0 fully saturated rings. The number of aliphatic hydroxyl groups excluding tert-OH is 1. The van der Waals surface area contributed by atoms with Gasteiger partial charge in [-0.25, -0.2) is 9.13 Å². The number of rotatable bonds is 87. The molecule has 0 aromatic carbocycles. The molecule has 105 heavy (non-hydrogen) atoms. The molecule has 0 saturated heterocycles. The van der Waals surface area contributed by atoms with Gasteiger partial charge in [-0.15, -0.1) is 0 Å². The molecule has 17 nitrogen and oxygen atoms in total. The highest BCUT2D eigenvalue weighted by Crippen LogP contribution is 2.45. The van der Waals surface area contributed by atoms with Crippen LogP contribution in [0.1, 0.15) is 471 Å². The summed E-state index contributed by atoms with van der Waals surface area (Å²) in [7, 11) is -9.93. The summed E-state index contributed by atoms with van der Waals surface area (Å²) < 4.78 is 69.0. The Morgan fingerprint density at radius 2 is 0.381 bits per heavy atom. The molecule has 0 aromatic heterocycles. The summed E-state index contributed by atoms with van der Waals surface area (Å²) in [6.07, 6.45) is 74.8. The topological polar surface area (TPSA) is 237 Å². The molecule has 3 N–H and O–H groups in total. The average Bonchev–Trinajstić information content (AvgIpc) is 0.910. The van der Waals surface area contributed by atoms with Crippen molar-refractivity contribution in [1.29, 1.82) is 0 Å². The predicted molar refractivity (Wildman–Crippen MR) is 432 cm³/mol. The Bertz CT molecular complexity index is 1980. The second-order valence-corrected chi connectivity index (χ2v) is 33.8. The molecule has 0 rings (SSSR count). The number of carbonyl (C=O) groups is 4. The predicted octanol–water partition coefficient (Wildman–Crippen LogP) is 26.5. The van der Waals surface area contributed by atoms with Crippen molar-refractivity contribution in [1.82, 2.24) is 0 Å². The fourth-order valence-corrected chi connectivity index (χ4v) is 15.1. The van der Waals surface area contributed by atoms with Crippen molar-refractivity contribution >= 4 is 39.5 Å². The van der Waals surface area contributed by atoms with Crippen molar-refractivity contribution in [3.63, 3.8) is 0 Å². The van der Waals surface area contributed by atoms with Gasteiger partial charge in [-0.05, 0) is 25.7 Å². The van der Waals surface area contributed by atoms with Crippen LogP contribution >= 0.6 is 15.6 Å². The number of unbranched alkanes of at least 4 members (excludes halogenated alkanes) is 61. The summed E-state index contributed by atoms with van der Waals surface area (Å²) in [5.74, 6) is -2.09. The molecular weight excluding hydrogens is 1370 g/mol. The van der Waals surface area contributed by atoms with Gasteiger partial charge < -0.3 is 33.8 Å². The zero-order valence-electron chi connectivity index (χ0n) is 68.7. The Kier molecular flexibility index (Phi) is 78.6. The van der Waals surface area contributed by atoms with E-state index in [0.29, 0.717) is 25.7 Å². The maximum Gasteiger partial charge on any atom is 0.472 e. The van der Waals surface area contributed by atoms with Crippen LogP contribution < -0.4 is 0 Å². The monoisotopic (exact) mass is 1540 g/mol. The Morgan fingerprint density at radius 3 is 0.562 bits per heavy atom. The average molecular weight is 1540 g/mol. The zero-order chi connectivity index (χ0) is 76.7. The standard InChI is InChI=1S/C86H168O17P2/c1-5-9-13-17-21-25-29-33-36-39-40-42-45-49-53-57-61-65-69-73-86(91)103-82(77-97-84(89)71-67-63-59-55-51-47-44-41-37-34-30-26-22-18-14-10-6-2)79-101-105(94,95)99-75-80(87)74-98-104(92,93)100-78-81(76-96-83(88)70-66-62-58-54-50-46-32-28-24-20-16-12-8-4)102-85(90)72-68-64-60-56-52-48-43-38-35-31-27-23-19-15-11-7-3/h80-82,87H,5-79H2,1-4H3,(H,92,93)(H,94,95)/t80-,81+,82+/m0/s1. The molecule has 0 bridgehead atoms. The number of phosphoric ester groups is 2. The van der Waals surface area contributed by atoms with Gasteiger partial charge in [-0.3, -0.25) is 37.3 Å². The van der Waals surface area contributed by atoms with Crippen LogP contribution in [0.2, 0.25) is 0 Å². The summed E-state index contributed by atoms with van der Waals surface area (Å²) in [5, 5.41) is 10.7. The third-order valence-electron chi connectivity index (χ3n) is 20.4. The maximum atomic E-state index is 13.1. The molecule has 0 aliphatic heterocycles. The Balaban J connectivity index is 5.26. The quantitative estimate of drug-likeness (QED) is 0.0222. The molecule has 0 amide bonds. The van der Waals surface area contributed by atoms with Crippen LogP contribution in [0.15, 0.2) is 0 Å². The van der Waals surface area contributed by atoms with Crippen molar-refractivity contribution in [2.45, 2.75) is 489 Å². The van der Waals surface area contributed by atoms with Crippen molar-refractivity contribution < 1.29 is 80.2 Å². The third-order valence-corrected chi connectivity index (χ3v) is 22.3. The molecule has 0 aromatic rings. The minimum absolute atomic E-state index is 0.109. The normalized spacial score (nSPS) is 13.7. The first kappa shape index (κ1) is 103. The van der Waals surface area contributed by atoms with Crippen LogP contribution in [-0.4, -0.2) is 96.7 Å². The van der Waals surface area contributed by atoms with Gasteiger partial charge in [-0.2, -0.15) is 0 Å². The van der Waals surface area contributed by atoms with Gasteiger partial charge in [0.15, 0.2) is 12.2 Å². The van der Waals surface area contributed by atoms with E-state index in [1.54, 1.807) is 0 Å². The summed E-state index contributed by atoms with van der Waals surface area (Å²) in [5.41, 5.74) is 0. The Labute approximate surface area is 645 Å². The fourth-order valence-electron chi connectivity index (χ4n) is 13.5. The van der Waals surface area contributed by atoms with Crippen LogP contribution in [0.25, 0.3) is 0 Å². The first-order chi connectivity index (χ1) is 51.2. The van der Waals surface area contributed by atoms with E-state index in [1.165, 1.54) is 302 Å². The van der Waals surface area contributed by atoms with E-state index in [1.807, 2.05) is 0 Å². The first-order valence-corrected chi connectivity index (χ1v) is 47.8. The van der Waals surface area contributed by atoms with E-state index in [2.05, 4.69) is 27.7 Å². The third kappa shape index (κ3) is 79.9. The minimum atomic E-state index is -4.96. The maximum absolute atomic E-state index is 13.1. The van der Waals surface area contributed by atoms with Crippen LogP contribution in [0.5, 0.6) is 0 Å². The summed E-state index contributed by atoms with van der Waals surface area (Å²) in [6, 6.07) is 0. The summed E-state index contributed by atoms with van der Waals surface area (Å²) in [4.78, 5) is 73.3. The van der Waals surface area contributed by atoms with Crippen LogP contribution in [0.3, 0.4) is 0 Å². The molecule has 624 valence electrons. The SMILES string of the molecule is CCCCCCCCCCCCCCCCCCCCCC(=O)O[C@H](COC(=O)CCCCCCCCCCCCCCCCCCC)COP(=O)(O)OC[C@@H](O)COP(=O)(O)OC[C@@H](COC(=O)CCCCCCCCCCCCCCC)OC(=O)CCCCCCCCCCCCCCCCCC. The lowest BCUT2D eigenvalue weighted by Gasteiger charge is -2.21. The van der Waals surface area contributed by atoms with E-state index < -0.39 is 97.5 Å². The van der Waals surface area contributed by atoms with Crippen molar-refractivity contribution in [3.8, 4) is 0 Å². The second kappa shape index (κ2) is 80.1. The lowest BCUT2D eigenvalue weighted by molar-refractivity contribution is -0.161. The van der Waals surface area contributed by atoms with Gasteiger partial charge in [0.05, 0.1) is 26.4 Å². The number of esters is 4. The lowest BCUT2D eigenvalue weighted by atomic mass is 10.0. The van der Waals surface area contributed by atoms with Gasteiger partial charge in [0.2, 0.25) is 0 Å². The van der Waals surface area contributed by atoms with Gasteiger partial charge >= 0.3 is 39.5 Å². The molecule has 0 spiro atoms. The number of phosphoric acid groups is 2. The first-order valence-electron chi connectivity index (χ1n) is 44.8. The van der Waals surface area contributed by atoms with Crippen LogP contribution in [0, 0.1) is 0 Å². The molecule has 0 saturated carbocycles. The van der Waals surface area contributed by atoms with Gasteiger partial charge in [0.25, 0.3) is 0 Å². The number of carbonyl (C=O) groups excluding carboxylic acids is 4. The number of ether oxygens (including phenoxy) is 4. The summed E-state index contributed by atoms with van der Waals surface area (Å²) in [6.45, 7) is 5.07. The van der Waals surface area contributed by atoms with Crippen LogP contribution in [0.4, 0.5) is 0 Å². The number of hydrogen-bond donors (Lipinski definition) is 3. The smallest absolute Gasteiger partial charge is 0.462 e. The highest BCUT2D eigenvalue weighted by molar-refractivity contribution is 7.47. The Hall–Kier alpha value is -1.94. The molecule has 0 aliphatic carbocycles. The molecule has 0 radical (unpaired) electrons. The minimum Gasteiger partial charge on any atom is -0.462 e. The van der Waals surface area contributed by atoms with Crippen molar-refractivity contribution in [2.24, 2.45) is 0 Å². The Morgan fingerprint density at radius 1 is 0.229 bits per heavy atom. The largest absolute Gasteiger partial charge is 0.472 e. The molecule has 2 unspecified atom stereocenters. The fraction of sp³-hybridized carbons (Fsp3) is 0.953. The second-order valence-electron chi connectivity index (χ2n) is 30.9. The number of aliphatic hydroxyl groups is 1. The lowest BCUT2D eigenvalue weighted by Crippen LogP contribution is -2.30. The molecular formula is C86H168O17P2. The summed E-state index contributed by atoms with van der Waals surface area (Å²) >= 11 is 0. The van der Waals surface area contributed by atoms with Crippen LogP contribution in [-0.2, 0) is 65.4 Å². The number of hydrogen-bond acceptors (Lipinski definition) is 15. The van der Waals surface area contributed by atoms with Gasteiger partial charge in [0.1, 0.15) is 19.3 Å². The van der Waals surface area contributed by atoms with Gasteiger partial charge in [0, 0.05) is 25.7 Å².